The molecule has 0 aliphatic heterocycles. The van der Waals surface area contributed by atoms with E-state index in [1.165, 1.54) is 0 Å². The molecule has 0 saturated carbocycles. The normalized spacial score (nSPS) is 11.3. The number of nitrogens with zero attached hydrogens (tertiary/aromatic N) is 2. The van der Waals surface area contributed by atoms with Crippen molar-refractivity contribution in [2.45, 2.75) is 26.9 Å². The summed E-state index contributed by atoms with van der Waals surface area (Å²) in [5.74, 6) is 2.39. The van der Waals surface area contributed by atoms with E-state index in [-0.39, 0.29) is 0 Å². The van der Waals surface area contributed by atoms with Crippen molar-refractivity contribution < 1.29 is 13.9 Å². The van der Waals surface area contributed by atoms with Crippen molar-refractivity contribution in [3.8, 4) is 23.0 Å². The lowest BCUT2D eigenvalue weighted by Gasteiger charge is -2.13. The van der Waals surface area contributed by atoms with Gasteiger partial charge in [0.15, 0.2) is 17.5 Å². The van der Waals surface area contributed by atoms with Crippen LogP contribution in [0.4, 0.5) is 0 Å². The number of halogens is 1. The van der Waals surface area contributed by atoms with Crippen molar-refractivity contribution in [2.24, 2.45) is 4.99 Å². The average Bonchev–Trinajstić information content (AvgIpc) is 3.27. The molecular formula is C23H27ClN4O3. The van der Waals surface area contributed by atoms with Gasteiger partial charge in [0.1, 0.15) is 6.26 Å². The smallest absolute Gasteiger partial charge is 0.226 e. The van der Waals surface area contributed by atoms with Gasteiger partial charge in [0.05, 0.1) is 37.5 Å². The number of methoxy groups -OCH3 is 1. The third-order valence-corrected chi connectivity index (χ3v) is 4.63. The standard InChI is InChI=1S/C23H27ClN4O3/c1-4-25-23(26-13-16-11-19(24)21(30-5-2)20(12-16)29-3)27-14-18-15-31-22(28-18)17-9-7-6-8-10-17/h6-12,15H,4-5,13-14H2,1-3H3,(H2,25,26,27). The summed E-state index contributed by atoms with van der Waals surface area (Å²) < 4.78 is 16.6. The topological polar surface area (TPSA) is 80.9 Å². The molecule has 0 spiro atoms. The maximum Gasteiger partial charge on any atom is 0.226 e. The van der Waals surface area contributed by atoms with Crippen molar-refractivity contribution in [2.75, 3.05) is 20.3 Å². The molecule has 164 valence electrons. The molecule has 3 aromatic rings. The summed E-state index contributed by atoms with van der Waals surface area (Å²) >= 11 is 6.36. The Kier molecular flexibility index (Phi) is 8.18. The van der Waals surface area contributed by atoms with Crippen LogP contribution in [0.2, 0.25) is 5.02 Å². The largest absolute Gasteiger partial charge is 0.493 e. The maximum atomic E-state index is 6.36. The van der Waals surface area contributed by atoms with E-state index in [4.69, 9.17) is 25.5 Å². The van der Waals surface area contributed by atoms with E-state index < -0.39 is 0 Å². The second-order valence-electron chi connectivity index (χ2n) is 6.60. The highest BCUT2D eigenvalue weighted by Crippen LogP contribution is 2.36. The van der Waals surface area contributed by atoms with E-state index in [9.17, 15) is 0 Å². The summed E-state index contributed by atoms with van der Waals surface area (Å²) in [7, 11) is 1.59. The predicted molar refractivity (Wildman–Crippen MR) is 123 cm³/mol. The number of rotatable bonds is 9. The molecule has 1 heterocycles. The Bertz CT molecular complexity index is 1010. The van der Waals surface area contributed by atoms with Crippen LogP contribution in [0.3, 0.4) is 0 Å². The van der Waals surface area contributed by atoms with Crippen LogP contribution in [0.5, 0.6) is 11.5 Å². The summed E-state index contributed by atoms with van der Waals surface area (Å²) in [6.07, 6.45) is 1.65. The molecule has 0 aliphatic rings. The highest BCUT2D eigenvalue weighted by atomic mass is 35.5. The van der Waals surface area contributed by atoms with Crippen LogP contribution in [0.25, 0.3) is 11.5 Å². The zero-order valence-electron chi connectivity index (χ0n) is 17.9. The minimum atomic E-state index is 0.423. The second-order valence-corrected chi connectivity index (χ2v) is 7.01. The Morgan fingerprint density at radius 2 is 1.97 bits per heavy atom. The molecule has 0 amide bonds. The Hall–Kier alpha value is -3.19. The van der Waals surface area contributed by atoms with Gasteiger partial charge in [-0.1, -0.05) is 29.8 Å². The molecule has 1 aromatic heterocycles. The summed E-state index contributed by atoms with van der Waals surface area (Å²) in [5.41, 5.74) is 2.64. The first-order valence-electron chi connectivity index (χ1n) is 10.2. The third-order valence-electron chi connectivity index (χ3n) is 4.35. The maximum absolute atomic E-state index is 6.36. The monoisotopic (exact) mass is 442 g/mol. The van der Waals surface area contributed by atoms with Crippen LogP contribution in [0.1, 0.15) is 25.1 Å². The quantitative estimate of drug-likeness (QED) is 0.370. The number of hydrogen-bond acceptors (Lipinski definition) is 5. The first-order chi connectivity index (χ1) is 15.1. The molecule has 8 heteroatoms. The van der Waals surface area contributed by atoms with Crippen molar-refractivity contribution in [1.82, 2.24) is 15.6 Å². The molecule has 2 aromatic carbocycles. The summed E-state index contributed by atoms with van der Waals surface area (Å²) in [6.45, 7) is 6.06. The molecule has 0 bridgehead atoms. The van der Waals surface area contributed by atoms with Crippen molar-refractivity contribution in [3.05, 3.63) is 65.0 Å². The van der Waals surface area contributed by atoms with E-state index in [0.29, 0.717) is 48.1 Å². The van der Waals surface area contributed by atoms with Gasteiger partial charge in [0.25, 0.3) is 0 Å². The molecule has 2 N–H and O–H groups in total. The van der Waals surface area contributed by atoms with Crippen LogP contribution in [0, 0.1) is 0 Å². The number of nitrogens with one attached hydrogen (secondary N) is 2. The number of aliphatic imine (C=N–C) groups is 1. The van der Waals surface area contributed by atoms with Crippen LogP contribution in [0.15, 0.2) is 58.1 Å². The number of hydrogen-bond donors (Lipinski definition) is 2. The molecule has 31 heavy (non-hydrogen) atoms. The van der Waals surface area contributed by atoms with Gasteiger partial charge in [-0.15, -0.1) is 0 Å². The van der Waals surface area contributed by atoms with Gasteiger partial charge in [-0.3, -0.25) is 0 Å². The van der Waals surface area contributed by atoms with Gasteiger partial charge in [-0.2, -0.15) is 0 Å². The molecule has 0 radical (unpaired) electrons. The van der Waals surface area contributed by atoms with Crippen LogP contribution in [-0.4, -0.2) is 31.2 Å². The first kappa shape index (κ1) is 22.5. The summed E-state index contributed by atoms with van der Waals surface area (Å²) in [6, 6.07) is 13.5. The molecule has 7 nitrogen and oxygen atoms in total. The highest BCUT2D eigenvalue weighted by molar-refractivity contribution is 6.32. The lowest BCUT2D eigenvalue weighted by atomic mass is 10.2. The minimum absolute atomic E-state index is 0.423. The number of benzene rings is 2. The van der Waals surface area contributed by atoms with Gasteiger partial charge in [0.2, 0.25) is 5.89 Å². The third kappa shape index (κ3) is 6.15. The summed E-state index contributed by atoms with van der Waals surface area (Å²) in [5, 5.41) is 7.00. The van der Waals surface area contributed by atoms with E-state index >= 15 is 0 Å². The zero-order chi connectivity index (χ0) is 22.1. The van der Waals surface area contributed by atoms with Gasteiger partial charge < -0.3 is 24.5 Å². The summed E-state index contributed by atoms with van der Waals surface area (Å²) in [4.78, 5) is 9.17. The second kappa shape index (κ2) is 11.3. The Balaban J connectivity index is 1.67. The predicted octanol–water partition coefficient (Wildman–Crippen LogP) is 4.66. The molecule has 0 unspecified atom stereocenters. The number of oxazole rings is 1. The van der Waals surface area contributed by atoms with Crippen LogP contribution in [-0.2, 0) is 13.1 Å². The first-order valence-corrected chi connectivity index (χ1v) is 10.5. The van der Waals surface area contributed by atoms with E-state index in [0.717, 1.165) is 23.4 Å². The van der Waals surface area contributed by atoms with Crippen molar-refractivity contribution in [1.29, 1.82) is 0 Å². The van der Waals surface area contributed by atoms with Crippen molar-refractivity contribution in [3.63, 3.8) is 0 Å². The average molecular weight is 443 g/mol. The molecule has 0 aliphatic carbocycles. The zero-order valence-corrected chi connectivity index (χ0v) is 18.7. The van der Waals surface area contributed by atoms with Gasteiger partial charge >= 0.3 is 0 Å². The molecule has 3 rings (SSSR count). The SMILES string of the molecule is CCNC(=NCc1cc(Cl)c(OCC)c(OC)c1)NCc1coc(-c2ccccc2)n1. The lowest BCUT2D eigenvalue weighted by Crippen LogP contribution is -2.36. The molecular weight excluding hydrogens is 416 g/mol. The molecule has 0 saturated heterocycles. The van der Waals surface area contributed by atoms with Crippen molar-refractivity contribution >= 4 is 17.6 Å². The minimum Gasteiger partial charge on any atom is -0.493 e. The fourth-order valence-electron chi connectivity index (χ4n) is 2.94. The van der Waals surface area contributed by atoms with Gasteiger partial charge in [-0.25, -0.2) is 9.98 Å². The fraction of sp³-hybridized carbons (Fsp3) is 0.304. The van der Waals surface area contributed by atoms with Gasteiger partial charge in [0, 0.05) is 12.1 Å². The van der Waals surface area contributed by atoms with Gasteiger partial charge in [-0.05, 0) is 43.7 Å². The van der Waals surface area contributed by atoms with E-state index in [2.05, 4.69) is 20.6 Å². The van der Waals surface area contributed by atoms with E-state index in [1.54, 1.807) is 13.4 Å². The Morgan fingerprint density at radius 1 is 1.16 bits per heavy atom. The van der Waals surface area contributed by atoms with Crippen LogP contribution >= 0.6 is 11.6 Å². The Morgan fingerprint density at radius 3 is 2.68 bits per heavy atom. The lowest BCUT2D eigenvalue weighted by molar-refractivity contribution is 0.311. The molecule has 0 fully saturated rings. The number of guanidine groups is 1. The van der Waals surface area contributed by atoms with E-state index in [1.807, 2.05) is 56.3 Å². The highest BCUT2D eigenvalue weighted by Gasteiger charge is 2.12. The van der Waals surface area contributed by atoms with Crippen LogP contribution < -0.4 is 20.1 Å². The Labute approximate surface area is 187 Å². The number of aromatic nitrogens is 1. The number of ether oxygens (including phenoxy) is 2. The fourth-order valence-corrected chi connectivity index (χ4v) is 3.22. The molecule has 0 atom stereocenters.